The predicted octanol–water partition coefficient (Wildman–Crippen LogP) is 0.898. The molecule has 0 spiro atoms. The van der Waals surface area contributed by atoms with Gasteiger partial charge in [-0.25, -0.2) is 5.84 Å². The first-order chi connectivity index (χ1) is 10.1. The predicted molar refractivity (Wildman–Crippen MR) is 80.1 cm³/mol. The van der Waals surface area contributed by atoms with Crippen LogP contribution < -0.4 is 16.0 Å². The Bertz CT molecular complexity index is 629. The molecule has 0 aliphatic heterocycles. The summed E-state index contributed by atoms with van der Waals surface area (Å²) in [6.45, 7) is 2.35. The zero-order chi connectivity index (χ0) is 15.2. The van der Waals surface area contributed by atoms with Gasteiger partial charge in [-0.1, -0.05) is 23.9 Å². The number of aryl methyl sites for hydroxylation is 1. The highest BCUT2D eigenvalue weighted by atomic mass is 32.2. The first-order valence-electron chi connectivity index (χ1n) is 6.35. The van der Waals surface area contributed by atoms with Gasteiger partial charge in [-0.05, 0) is 19.1 Å². The van der Waals surface area contributed by atoms with Gasteiger partial charge in [0.25, 0.3) is 5.91 Å². The minimum atomic E-state index is -0.373. The number of hydrogen-bond acceptors (Lipinski definition) is 6. The average Bonchev–Trinajstić information content (AvgIpc) is 2.83. The molecule has 0 aliphatic rings. The Morgan fingerprint density at radius 3 is 2.86 bits per heavy atom. The second-order valence-corrected chi connectivity index (χ2v) is 5.32. The molecule has 1 heterocycles. The zero-order valence-electron chi connectivity index (χ0n) is 11.9. The van der Waals surface area contributed by atoms with Gasteiger partial charge >= 0.3 is 0 Å². The Morgan fingerprint density at radius 2 is 2.19 bits per heavy atom. The van der Waals surface area contributed by atoms with Gasteiger partial charge in [0.1, 0.15) is 11.6 Å². The van der Waals surface area contributed by atoms with E-state index in [0.717, 1.165) is 11.0 Å². The summed E-state index contributed by atoms with van der Waals surface area (Å²) in [6.07, 6.45) is 0. The van der Waals surface area contributed by atoms with Crippen molar-refractivity contribution >= 4 is 17.7 Å². The van der Waals surface area contributed by atoms with E-state index in [1.165, 1.54) is 0 Å². The highest BCUT2D eigenvalue weighted by Crippen LogP contribution is 2.19. The quantitative estimate of drug-likeness (QED) is 0.271. The summed E-state index contributed by atoms with van der Waals surface area (Å²) >= 11 is 1.55. The first-order valence-corrected chi connectivity index (χ1v) is 7.33. The lowest BCUT2D eigenvalue weighted by Crippen LogP contribution is -2.30. The van der Waals surface area contributed by atoms with Crippen molar-refractivity contribution < 1.29 is 9.53 Å². The molecule has 0 radical (unpaired) electrons. The van der Waals surface area contributed by atoms with Crippen LogP contribution >= 0.6 is 11.8 Å². The fourth-order valence-corrected chi connectivity index (χ4v) is 2.43. The zero-order valence-corrected chi connectivity index (χ0v) is 12.7. The van der Waals surface area contributed by atoms with Gasteiger partial charge in [0, 0.05) is 12.8 Å². The van der Waals surface area contributed by atoms with E-state index in [-0.39, 0.29) is 5.91 Å². The van der Waals surface area contributed by atoms with Crippen LogP contribution in [-0.4, -0.2) is 33.0 Å². The average molecular weight is 307 g/mol. The van der Waals surface area contributed by atoms with Crippen LogP contribution in [0.25, 0.3) is 0 Å². The van der Waals surface area contributed by atoms with Crippen molar-refractivity contribution in [3.8, 4) is 5.75 Å². The van der Waals surface area contributed by atoms with Crippen molar-refractivity contribution in [3.63, 3.8) is 0 Å². The fraction of sp³-hybridized carbons (Fsp3) is 0.308. The van der Waals surface area contributed by atoms with Crippen LogP contribution in [-0.2, 0) is 7.05 Å². The number of hydrogen-bond donors (Lipinski definition) is 2. The number of nitrogens with one attached hydrogen (secondary N) is 1. The Kier molecular flexibility index (Phi) is 5.18. The molecule has 0 saturated heterocycles. The van der Waals surface area contributed by atoms with Gasteiger partial charge < -0.3 is 9.30 Å². The van der Waals surface area contributed by atoms with Crippen LogP contribution in [0.3, 0.4) is 0 Å². The molecule has 21 heavy (non-hydrogen) atoms. The van der Waals surface area contributed by atoms with E-state index in [4.69, 9.17) is 10.6 Å². The molecule has 0 aliphatic carbocycles. The third-order valence-corrected chi connectivity index (χ3v) is 3.87. The molecule has 3 N–H and O–H groups in total. The summed E-state index contributed by atoms with van der Waals surface area (Å²) in [6, 6.07) is 6.97. The Balaban J connectivity index is 1.89. The highest BCUT2D eigenvalue weighted by Gasteiger charge is 2.11. The summed E-state index contributed by atoms with van der Waals surface area (Å²) in [7, 11) is 1.92. The maximum atomic E-state index is 11.6. The van der Waals surface area contributed by atoms with Crippen molar-refractivity contribution in [1.82, 2.24) is 20.2 Å². The number of nitrogen functional groups attached to an aromatic ring is 1. The number of para-hydroxylation sites is 1. The minimum Gasteiger partial charge on any atom is -0.492 e. The summed E-state index contributed by atoms with van der Waals surface area (Å²) in [5.41, 5.74) is 2.52. The number of nitrogens with zero attached hydrogens (tertiary/aromatic N) is 3. The molecule has 1 aromatic carbocycles. The number of aromatic nitrogens is 3. The molecule has 2 rings (SSSR count). The minimum absolute atomic E-state index is 0.373. The third kappa shape index (κ3) is 3.73. The molecule has 2 aromatic rings. The highest BCUT2D eigenvalue weighted by molar-refractivity contribution is 7.99. The maximum absolute atomic E-state index is 11.6. The number of carbonyl (C=O) groups is 1. The second-order valence-electron chi connectivity index (χ2n) is 4.26. The van der Waals surface area contributed by atoms with Gasteiger partial charge in [0.05, 0.1) is 12.2 Å². The van der Waals surface area contributed by atoms with Gasteiger partial charge in [-0.15, -0.1) is 10.2 Å². The lowest BCUT2D eigenvalue weighted by atomic mass is 10.2. The summed E-state index contributed by atoms with van der Waals surface area (Å²) in [5, 5.41) is 8.88. The fourth-order valence-electron chi connectivity index (χ4n) is 1.66. The molecule has 0 bridgehead atoms. The van der Waals surface area contributed by atoms with Crippen LogP contribution in [0.2, 0.25) is 0 Å². The number of ether oxygens (including phenoxy) is 1. The number of hydrazine groups is 1. The number of nitrogens with two attached hydrogens (primary N) is 1. The lowest BCUT2D eigenvalue weighted by Gasteiger charge is -2.10. The monoisotopic (exact) mass is 307 g/mol. The van der Waals surface area contributed by atoms with E-state index in [2.05, 4.69) is 15.6 Å². The van der Waals surface area contributed by atoms with E-state index < -0.39 is 0 Å². The number of thioether (sulfide) groups is 1. The number of benzene rings is 1. The van der Waals surface area contributed by atoms with Crippen LogP contribution in [0.4, 0.5) is 0 Å². The molecule has 0 unspecified atom stereocenters. The SMILES string of the molecule is Cc1nnc(SCCOc2ccccc2C(=O)NN)n1C. The number of rotatable bonds is 6. The maximum Gasteiger partial charge on any atom is 0.268 e. The van der Waals surface area contributed by atoms with E-state index in [9.17, 15) is 4.79 Å². The van der Waals surface area contributed by atoms with Gasteiger partial charge in [0.15, 0.2) is 5.16 Å². The van der Waals surface area contributed by atoms with Crippen molar-refractivity contribution in [2.45, 2.75) is 12.1 Å². The van der Waals surface area contributed by atoms with E-state index >= 15 is 0 Å². The summed E-state index contributed by atoms with van der Waals surface area (Å²) in [4.78, 5) is 11.6. The van der Waals surface area contributed by atoms with Gasteiger partial charge in [0.2, 0.25) is 0 Å². The first kappa shape index (κ1) is 15.3. The molecular weight excluding hydrogens is 290 g/mol. The molecule has 8 heteroatoms. The molecular formula is C13H17N5O2S. The Morgan fingerprint density at radius 1 is 1.43 bits per heavy atom. The number of carbonyl (C=O) groups excluding carboxylic acids is 1. The largest absolute Gasteiger partial charge is 0.492 e. The van der Waals surface area contributed by atoms with E-state index in [1.54, 1.807) is 30.0 Å². The third-order valence-electron chi connectivity index (χ3n) is 2.89. The number of amides is 1. The summed E-state index contributed by atoms with van der Waals surface area (Å²) in [5.74, 6) is 6.85. The molecule has 1 aromatic heterocycles. The smallest absolute Gasteiger partial charge is 0.268 e. The van der Waals surface area contributed by atoms with Crippen molar-refractivity contribution in [3.05, 3.63) is 35.7 Å². The van der Waals surface area contributed by atoms with Crippen LogP contribution in [0.5, 0.6) is 5.75 Å². The van der Waals surface area contributed by atoms with Crippen LogP contribution in [0.15, 0.2) is 29.4 Å². The van der Waals surface area contributed by atoms with Crippen molar-refractivity contribution in [2.75, 3.05) is 12.4 Å². The molecule has 7 nitrogen and oxygen atoms in total. The molecule has 0 saturated carbocycles. The second kappa shape index (κ2) is 7.09. The topological polar surface area (TPSA) is 95.1 Å². The lowest BCUT2D eigenvalue weighted by molar-refractivity contribution is 0.0950. The van der Waals surface area contributed by atoms with Crippen molar-refractivity contribution in [2.24, 2.45) is 12.9 Å². The summed E-state index contributed by atoms with van der Waals surface area (Å²) < 4.78 is 7.55. The van der Waals surface area contributed by atoms with E-state index in [1.807, 2.05) is 24.6 Å². The van der Waals surface area contributed by atoms with E-state index in [0.29, 0.717) is 23.7 Å². The van der Waals surface area contributed by atoms with Gasteiger partial charge in [-0.3, -0.25) is 10.2 Å². The molecule has 0 atom stereocenters. The van der Waals surface area contributed by atoms with Crippen LogP contribution in [0, 0.1) is 6.92 Å². The standard InChI is InChI=1S/C13H17N5O2S/c1-9-16-17-13(18(9)2)21-8-7-20-11-6-4-3-5-10(11)12(19)15-14/h3-6H,7-8,14H2,1-2H3,(H,15,19). The normalized spacial score (nSPS) is 10.4. The van der Waals surface area contributed by atoms with Crippen LogP contribution in [0.1, 0.15) is 16.2 Å². The van der Waals surface area contributed by atoms with Crippen molar-refractivity contribution in [1.29, 1.82) is 0 Å². The van der Waals surface area contributed by atoms with Gasteiger partial charge in [-0.2, -0.15) is 0 Å². The molecule has 112 valence electrons. The molecule has 1 amide bonds. The molecule has 0 fully saturated rings. The Hall–Kier alpha value is -2.06. The Labute approximate surface area is 126 Å².